The zero-order valence-corrected chi connectivity index (χ0v) is 12.8. The van der Waals surface area contributed by atoms with E-state index in [9.17, 15) is 0 Å². The molecule has 0 spiro atoms. The quantitative estimate of drug-likeness (QED) is 0.867. The molecule has 0 radical (unpaired) electrons. The van der Waals surface area contributed by atoms with Crippen molar-refractivity contribution in [3.63, 3.8) is 0 Å². The van der Waals surface area contributed by atoms with Gasteiger partial charge in [-0.2, -0.15) is 0 Å². The molecule has 0 aliphatic carbocycles. The van der Waals surface area contributed by atoms with E-state index >= 15 is 0 Å². The van der Waals surface area contributed by atoms with E-state index in [1.54, 1.807) is 11.3 Å². The minimum absolute atomic E-state index is 0.396. The highest BCUT2D eigenvalue weighted by Crippen LogP contribution is 2.17. The Morgan fingerprint density at radius 1 is 1.11 bits per heavy atom. The van der Waals surface area contributed by atoms with E-state index in [0.717, 1.165) is 9.35 Å². The van der Waals surface area contributed by atoms with E-state index in [-0.39, 0.29) is 0 Å². The van der Waals surface area contributed by atoms with E-state index in [0.29, 0.717) is 19.8 Å². The molecule has 2 rings (SSSR count). The average molecular weight is 336 g/mol. The van der Waals surface area contributed by atoms with Crippen molar-refractivity contribution < 1.29 is 4.74 Å². The Morgan fingerprint density at radius 3 is 2.63 bits per heavy atom. The number of benzene rings is 1. The van der Waals surface area contributed by atoms with Crippen LogP contribution in [0.3, 0.4) is 0 Å². The first-order valence-electron chi connectivity index (χ1n) is 5.88. The predicted octanol–water partition coefficient (Wildman–Crippen LogP) is 3.54. The lowest BCUT2D eigenvalue weighted by molar-refractivity contribution is 0.109. The Kier molecular flexibility index (Phi) is 5.62. The summed E-state index contributed by atoms with van der Waals surface area (Å²) >= 11 is 5.06. The minimum Gasteiger partial charge on any atom is -0.371 e. The van der Waals surface area contributed by atoms with Crippen molar-refractivity contribution in [2.45, 2.75) is 13.2 Å². The van der Waals surface area contributed by atoms with Gasteiger partial charge in [-0.25, -0.2) is 0 Å². The Morgan fingerprint density at radius 2 is 1.89 bits per heavy atom. The van der Waals surface area contributed by atoms with E-state index in [1.165, 1.54) is 10.4 Å². The van der Waals surface area contributed by atoms with Gasteiger partial charge in [0.2, 0.25) is 0 Å². The van der Waals surface area contributed by atoms with Gasteiger partial charge in [-0.3, -0.25) is 0 Å². The lowest BCUT2D eigenvalue weighted by atomic mass is 10.2. The molecule has 0 aliphatic heterocycles. The van der Waals surface area contributed by atoms with Crippen molar-refractivity contribution in [3.8, 4) is 11.8 Å². The van der Waals surface area contributed by atoms with E-state index in [4.69, 9.17) is 10.5 Å². The molecule has 0 saturated heterocycles. The molecule has 0 bridgehead atoms. The first-order valence-corrected chi connectivity index (χ1v) is 7.49. The molecule has 0 unspecified atom stereocenters. The summed E-state index contributed by atoms with van der Waals surface area (Å²) in [6.45, 7) is 1.63. The number of halogens is 1. The zero-order valence-electron chi connectivity index (χ0n) is 10.4. The summed E-state index contributed by atoms with van der Waals surface area (Å²) in [4.78, 5) is 2.21. The third kappa shape index (κ3) is 4.81. The molecular weight excluding hydrogens is 322 g/mol. The molecule has 2 N–H and O–H groups in total. The van der Waals surface area contributed by atoms with Crippen LogP contribution in [0.2, 0.25) is 0 Å². The molecule has 1 heterocycles. The van der Waals surface area contributed by atoms with Crippen molar-refractivity contribution in [3.05, 3.63) is 56.2 Å². The van der Waals surface area contributed by atoms with Crippen LogP contribution in [0.5, 0.6) is 0 Å². The highest BCUT2D eigenvalue weighted by Gasteiger charge is 1.99. The predicted molar refractivity (Wildman–Crippen MR) is 82.9 cm³/mol. The molecule has 0 amide bonds. The van der Waals surface area contributed by atoms with Crippen molar-refractivity contribution in [2.24, 2.45) is 5.73 Å². The fourth-order valence-electron chi connectivity index (χ4n) is 1.51. The maximum absolute atomic E-state index is 5.69. The molecule has 1 aromatic carbocycles. The highest BCUT2D eigenvalue weighted by atomic mass is 79.9. The van der Waals surface area contributed by atoms with Crippen LogP contribution in [0.1, 0.15) is 15.3 Å². The second kappa shape index (κ2) is 7.46. The summed E-state index contributed by atoms with van der Waals surface area (Å²) in [7, 11) is 0. The van der Waals surface area contributed by atoms with Crippen LogP contribution in [0.25, 0.3) is 0 Å². The third-order valence-electron chi connectivity index (χ3n) is 2.40. The molecular formula is C15H14BrNOS. The topological polar surface area (TPSA) is 35.2 Å². The second-order valence-electron chi connectivity index (χ2n) is 3.89. The summed E-state index contributed by atoms with van der Waals surface area (Å²) in [5.41, 5.74) is 6.51. The molecule has 0 atom stereocenters. The van der Waals surface area contributed by atoms with Crippen LogP contribution < -0.4 is 5.73 Å². The first-order chi connectivity index (χ1) is 9.28. The summed E-state index contributed by atoms with van der Waals surface area (Å²) in [6, 6.07) is 12.2. The standard InChI is InChI=1S/C15H14BrNOS/c16-13-5-3-12(4-6-13)10-18-11-15-8-7-14(19-15)2-1-9-17/h3-8H,9-11,17H2. The van der Waals surface area contributed by atoms with E-state index in [1.807, 2.05) is 24.3 Å². The fourth-order valence-corrected chi connectivity index (χ4v) is 2.60. The maximum Gasteiger partial charge on any atom is 0.0814 e. The van der Waals surface area contributed by atoms with Gasteiger partial charge in [0.1, 0.15) is 0 Å². The first kappa shape index (κ1) is 14.3. The van der Waals surface area contributed by atoms with Crippen molar-refractivity contribution in [1.82, 2.24) is 0 Å². The molecule has 98 valence electrons. The van der Waals surface area contributed by atoms with Crippen LogP contribution in [0.15, 0.2) is 40.9 Å². The minimum atomic E-state index is 0.396. The Hall–Kier alpha value is -1.12. The molecule has 0 saturated carbocycles. The fraction of sp³-hybridized carbons (Fsp3) is 0.200. The number of hydrogen-bond acceptors (Lipinski definition) is 3. The summed E-state index contributed by atoms with van der Waals surface area (Å²) in [5, 5.41) is 0. The molecule has 4 heteroatoms. The number of ether oxygens (including phenoxy) is 1. The Balaban J connectivity index is 1.82. The van der Waals surface area contributed by atoms with Gasteiger partial charge in [-0.1, -0.05) is 39.9 Å². The summed E-state index contributed by atoms with van der Waals surface area (Å²) in [5.74, 6) is 5.87. The van der Waals surface area contributed by atoms with Gasteiger partial charge in [-0.05, 0) is 29.8 Å². The monoisotopic (exact) mass is 335 g/mol. The number of rotatable bonds is 4. The van der Waals surface area contributed by atoms with Gasteiger partial charge in [0.05, 0.1) is 24.6 Å². The second-order valence-corrected chi connectivity index (χ2v) is 5.98. The summed E-state index contributed by atoms with van der Waals surface area (Å²) < 4.78 is 6.77. The lowest BCUT2D eigenvalue weighted by Gasteiger charge is -2.02. The average Bonchev–Trinajstić information content (AvgIpc) is 2.87. The highest BCUT2D eigenvalue weighted by molar-refractivity contribution is 9.10. The van der Waals surface area contributed by atoms with E-state index < -0.39 is 0 Å². The maximum atomic E-state index is 5.69. The Labute approximate surface area is 125 Å². The largest absolute Gasteiger partial charge is 0.371 e. The summed E-state index contributed by atoms with van der Waals surface area (Å²) in [6.07, 6.45) is 0. The third-order valence-corrected chi connectivity index (χ3v) is 3.90. The molecule has 1 aromatic heterocycles. The van der Waals surface area contributed by atoms with Crippen molar-refractivity contribution in [2.75, 3.05) is 6.54 Å². The van der Waals surface area contributed by atoms with Crippen molar-refractivity contribution in [1.29, 1.82) is 0 Å². The lowest BCUT2D eigenvalue weighted by Crippen LogP contribution is -1.92. The molecule has 0 fully saturated rings. The van der Waals surface area contributed by atoms with Gasteiger partial charge in [0.25, 0.3) is 0 Å². The Bertz CT molecular complexity index is 580. The van der Waals surface area contributed by atoms with Crippen LogP contribution in [0.4, 0.5) is 0 Å². The van der Waals surface area contributed by atoms with Crippen LogP contribution in [0, 0.1) is 11.8 Å². The van der Waals surface area contributed by atoms with Crippen molar-refractivity contribution >= 4 is 27.3 Å². The van der Waals surface area contributed by atoms with Gasteiger partial charge in [-0.15, -0.1) is 11.3 Å². The van der Waals surface area contributed by atoms with Gasteiger partial charge in [0, 0.05) is 9.35 Å². The SMILES string of the molecule is NCC#Cc1ccc(COCc2ccc(Br)cc2)s1. The zero-order chi connectivity index (χ0) is 13.5. The molecule has 2 aromatic rings. The number of thiophene rings is 1. The molecule has 19 heavy (non-hydrogen) atoms. The molecule has 2 nitrogen and oxygen atoms in total. The molecule has 0 aliphatic rings. The number of hydrogen-bond donors (Lipinski definition) is 1. The van der Waals surface area contributed by atoms with Gasteiger partial charge >= 0.3 is 0 Å². The smallest absolute Gasteiger partial charge is 0.0814 e. The van der Waals surface area contributed by atoms with Gasteiger partial charge in [0.15, 0.2) is 0 Å². The van der Waals surface area contributed by atoms with Crippen LogP contribution >= 0.6 is 27.3 Å². The van der Waals surface area contributed by atoms with Gasteiger partial charge < -0.3 is 10.5 Å². The number of nitrogens with two attached hydrogens (primary N) is 1. The van der Waals surface area contributed by atoms with E-state index in [2.05, 4.69) is 39.9 Å². The van der Waals surface area contributed by atoms with Crippen LogP contribution in [-0.2, 0) is 18.0 Å². The van der Waals surface area contributed by atoms with Crippen LogP contribution in [-0.4, -0.2) is 6.54 Å². The normalized spacial score (nSPS) is 10.0.